The maximum Gasteiger partial charge on any atom is 0.234 e. The second-order valence-electron chi connectivity index (χ2n) is 6.72. The van der Waals surface area contributed by atoms with Crippen molar-refractivity contribution >= 4 is 29.1 Å². The van der Waals surface area contributed by atoms with Crippen molar-refractivity contribution in [2.24, 2.45) is 0 Å². The number of aromatic nitrogens is 2. The third-order valence-corrected chi connectivity index (χ3v) is 4.82. The molecule has 1 aliphatic rings. The normalized spacial score (nSPS) is 16.5. The van der Waals surface area contributed by atoms with Crippen LogP contribution >= 0.6 is 12.2 Å². The highest BCUT2D eigenvalue weighted by atomic mass is 32.1. The van der Waals surface area contributed by atoms with Crippen LogP contribution in [0.25, 0.3) is 0 Å². The first-order chi connectivity index (χ1) is 13.7. The molecule has 0 unspecified atom stereocenters. The Morgan fingerprint density at radius 3 is 2.82 bits per heavy atom. The summed E-state index contributed by atoms with van der Waals surface area (Å²) in [5, 5.41) is 6.58. The summed E-state index contributed by atoms with van der Waals surface area (Å²) in [6, 6.07) is 11.9. The number of nitrogens with zero attached hydrogens (tertiary/aromatic N) is 3. The number of para-hydroxylation sites is 1. The van der Waals surface area contributed by atoms with Crippen LogP contribution in [0, 0.1) is 0 Å². The molecule has 2 heterocycles. The maximum absolute atomic E-state index is 5.96. The van der Waals surface area contributed by atoms with Crippen molar-refractivity contribution in [3.63, 3.8) is 0 Å². The molecule has 1 aromatic heterocycles. The number of piperidine rings is 1. The molecule has 0 spiro atoms. The van der Waals surface area contributed by atoms with E-state index in [4.69, 9.17) is 21.7 Å². The lowest BCUT2D eigenvalue weighted by Crippen LogP contribution is -2.38. The van der Waals surface area contributed by atoms with Crippen LogP contribution in [0.15, 0.2) is 36.4 Å². The van der Waals surface area contributed by atoms with Gasteiger partial charge in [0.25, 0.3) is 0 Å². The monoisotopic (exact) mass is 401 g/mol. The van der Waals surface area contributed by atoms with Gasteiger partial charge in [0.1, 0.15) is 11.6 Å². The van der Waals surface area contributed by atoms with E-state index in [-0.39, 0.29) is 0 Å². The molecule has 1 saturated heterocycles. The summed E-state index contributed by atoms with van der Waals surface area (Å²) in [7, 11) is 1.65. The fourth-order valence-electron chi connectivity index (χ4n) is 3.13. The molecule has 0 aliphatic carbocycles. The van der Waals surface area contributed by atoms with Crippen molar-refractivity contribution < 1.29 is 9.47 Å². The Bertz CT molecular complexity index is 774. The van der Waals surface area contributed by atoms with Gasteiger partial charge in [-0.15, -0.1) is 0 Å². The fraction of sp³-hybridized carbons (Fsp3) is 0.450. The van der Waals surface area contributed by atoms with Gasteiger partial charge in [0.2, 0.25) is 11.8 Å². The zero-order valence-electron chi connectivity index (χ0n) is 16.4. The highest BCUT2D eigenvalue weighted by Gasteiger charge is 2.21. The summed E-state index contributed by atoms with van der Waals surface area (Å²) in [4.78, 5) is 11.5. The van der Waals surface area contributed by atoms with Crippen LogP contribution in [0.4, 0.5) is 11.8 Å². The highest BCUT2D eigenvalue weighted by molar-refractivity contribution is 7.80. The lowest BCUT2D eigenvalue weighted by Gasteiger charge is -2.34. The minimum absolute atomic E-state index is 0.413. The predicted octanol–water partition coefficient (Wildman–Crippen LogP) is 3.58. The smallest absolute Gasteiger partial charge is 0.234 e. The van der Waals surface area contributed by atoms with Gasteiger partial charge in [-0.1, -0.05) is 18.2 Å². The average molecular weight is 402 g/mol. The van der Waals surface area contributed by atoms with E-state index in [1.165, 1.54) is 6.42 Å². The van der Waals surface area contributed by atoms with Crippen LogP contribution in [0.5, 0.6) is 11.6 Å². The third-order valence-electron chi connectivity index (χ3n) is 4.57. The average Bonchev–Trinajstić information content (AvgIpc) is 2.69. The highest BCUT2D eigenvalue weighted by Crippen LogP contribution is 2.28. The summed E-state index contributed by atoms with van der Waals surface area (Å²) >= 11 is 5.33. The Balaban J connectivity index is 1.81. The van der Waals surface area contributed by atoms with Gasteiger partial charge in [-0.25, -0.2) is 0 Å². The predicted molar refractivity (Wildman–Crippen MR) is 115 cm³/mol. The number of nitrogens with one attached hydrogen (secondary N) is 2. The van der Waals surface area contributed by atoms with Crippen molar-refractivity contribution in [2.75, 3.05) is 37.0 Å². The number of methoxy groups -OCH3 is 1. The lowest BCUT2D eigenvalue weighted by molar-refractivity contribution is 0.204. The maximum atomic E-state index is 5.96. The Hall–Kier alpha value is -2.45. The molecule has 1 atom stereocenters. The Kier molecular flexibility index (Phi) is 7.39. The quantitative estimate of drug-likeness (QED) is 0.539. The number of hydrogen-bond donors (Lipinski definition) is 2. The van der Waals surface area contributed by atoms with E-state index in [0.29, 0.717) is 36.1 Å². The number of ether oxygens (including phenoxy) is 2. The minimum atomic E-state index is 0.413. The van der Waals surface area contributed by atoms with Gasteiger partial charge in [-0.2, -0.15) is 9.97 Å². The van der Waals surface area contributed by atoms with Gasteiger partial charge >= 0.3 is 0 Å². The standard InChI is InChI=1S/C20H27N5O2S/c1-15-8-6-7-12-25(15)17-14-18(27-16-9-4-3-5-10-16)23-19(22-17)24-20(28)21-11-13-26-2/h3-5,9-10,14-15H,6-8,11-13H2,1-2H3,(H2,21,22,23,24,28)/t15-/m0/s1. The summed E-state index contributed by atoms with van der Waals surface area (Å²) in [5.41, 5.74) is 0. The van der Waals surface area contributed by atoms with Crippen molar-refractivity contribution in [1.82, 2.24) is 15.3 Å². The SMILES string of the molecule is COCCNC(=S)Nc1nc(Oc2ccccc2)cc(N2CCCC[C@@H]2C)n1. The van der Waals surface area contributed by atoms with Crippen molar-refractivity contribution in [3.05, 3.63) is 36.4 Å². The number of thiocarbonyl (C=S) groups is 1. The van der Waals surface area contributed by atoms with Crippen molar-refractivity contribution in [2.45, 2.75) is 32.2 Å². The molecule has 2 aromatic rings. The van der Waals surface area contributed by atoms with Crippen LogP contribution in [0.3, 0.4) is 0 Å². The number of hydrogen-bond acceptors (Lipinski definition) is 6. The van der Waals surface area contributed by atoms with Gasteiger partial charge in [-0.3, -0.25) is 0 Å². The van der Waals surface area contributed by atoms with Gasteiger partial charge in [0, 0.05) is 32.3 Å². The van der Waals surface area contributed by atoms with Gasteiger partial charge in [0.05, 0.1) is 6.61 Å². The molecule has 150 valence electrons. The lowest BCUT2D eigenvalue weighted by atomic mass is 10.0. The van der Waals surface area contributed by atoms with Crippen LogP contribution in [-0.4, -0.2) is 47.9 Å². The molecule has 3 rings (SSSR count). The minimum Gasteiger partial charge on any atom is -0.439 e. The van der Waals surface area contributed by atoms with Crippen LogP contribution in [0.1, 0.15) is 26.2 Å². The summed E-state index contributed by atoms with van der Waals surface area (Å²) in [5.74, 6) is 2.47. The zero-order valence-corrected chi connectivity index (χ0v) is 17.2. The summed E-state index contributed by atoms with van der Waals surface area (Å²) < 4.78 is 11.0. The molecule has 2 N–H and O–H groups in total. The van der Waals surface area contributed by atoms with Crippen LogP contribution < -0.4 is 20.3 Å². The molecule has 1 fully saturated rings. The molecule has 7 nitrogen and oxygen atoms in total. The van der Waals surface area contributed by atoms with Crippen LogP contribution in [0.2, 0.25) is 0 Å². The number of rotatable bonds is 7. The van der Waals surface area contributed by atoms with E-state index >= 15 is 0 Å². The number of benzene rings is 1. The van der Waals surface area contributed by atoms with E-state index in [9.17, 15) is 0 Å². The molecule has 0 radical (unpaired) electrons. The summed E-state index contributed by atoms with van der Waals surface area (Å²) in [6.45, 7) is 4.37. The largest absolute Gasteiger partial charge is 0.439 e. The first kappa shape index (κ1) is 20.3. The second kappa shape index (κ2) is 10.2. The molecular weight excluding hydrogens is 374 g/mol. The van der Waals surface area contributed by atoms with E-state index < -0.39 is 0 Å². The molecule has 1 aliphatic heterocycles. The second-order valence-corrected chi connectivity index (χ2v) is 7.12. The fourth-order valence-corrected chi connectivity index (χ4v) is 3.32. The molecule has 28 heavy (non-hydrogen) atoms. The molecule has 0 amide bonds. The van der Waals surface area contributed by atoms with Crippen LogP contribution in [-0.2, 0) is 4.74 Å². The zero-order chi connectivity index (χ0) is 19.8. The van der Waals surface area contributed by atoms with E-state index in [1.807, 2.05) is 36.4 Å². The first-order valence-electron chi connectivity index (χ1n) is 9.58. The molecule has 8 heteroatoms. The molecular formula is C20H27N5O2S. The van der Waals surface area contributed by atoms with E-state index in [2.05, 4.69) is 32.4 Å². The van der Waals surface area contributed by atoms with Gasteiger partial charge in [0.15, 0.2) is 5.11 Å². The number of anilines is 2. The Labute approximate surface area is 171 Å². The van der Waals surface area contributed by atoms with Gasteiger partial charge < -0.3 is 25.0 Å². The third kappa shape index (κ3) is 5.77. The summed E-state index contributed by atoms with van der Waals surface area (Å²) in [6.07, 6.45) is 3.55. The Morgan fingerprint density at radius 1 is 1.25 bits per heavy atom. The van der Waals surface area contributed by atoms with E-state index in [0.717, 1.165) is 31.0 Å². The Morgan fingerprint density at radius 2 is 2.07 bits per heavy atom. The van der Waals surface area contributed by atoms with Gasteiger partial charge in [-0.05, 0) is 50.5 Å². The molecule has 0 saturated carbocycles. The van der Waals surface area contributed by atoms with E-state index in [1.54, 1.807) is 7.11 Å². The molecule has 0 bridgehead atoms. The van der Waals surface area contributed by atoms with Crippen molar-refractivity contribution in [3.8, 4) is 11.6 Å². The topological polar surface area (TPSA) is 71.5 Å². The van der Waals surface area contributed by atoms with Crippen molar-refractivity contribution in [1.29, 1.82) is 0 Å². The molecule has 1 aromatic carbocycles. The first-order valence-corrected chi connectivity index (χ1v) is 9.99.